The Kier molecular flexibility index (Phi) is 3.53. The third-order valence-corrected chi connectivity index (χ3v) is 4.60. The SMILES string of the molecule is CC(C)(N)c1ccc(C2CCSC2)c(Cl)c1. The van der Waals surface area contributed by atoms with E-state index >= 15 is 0 Å². The van der Waals surface area contributed by atoms with Gasteiger partial charge in [-0.2, -0.15) is 11.8 Å². The highest BCUT2D eigenvalue weighted by Crippen LogP contribution is 2.37. The minimum absolute atomic E-state index is 0.313. The van der Waals surface area contributed by atoms with Crippen LogP contribution in [0, 0.1) is 0 Å². The molecule has 1 aliphatic heterocycles. The van der Waals surface area contributed by atoms with Gasteiger partial charge < -0.3 is 5.73 Å². The molecule has 1 nitrogen and oxygen atoms in total. The number of halogens is 1. The molecule has 1 aliphatic rings. The molecule has 88 valence electrons. The van der Waals surface area contributed by atoms with Gasteiger partial charge in [0.2, 0.25) is 0 Å². The van der Waals surface area contributed by atoms with E-state index in [1.54, 1.807) is 0 Å². The van der Waals surface area contributed by atoms with Crippen LogP contribution in [0.25, 0.3) is 0 Å². The Balaban J connectivity index is 2.29. The minimum Gasteiger partial charge on any atom is -0.322 e. The molecule has 1 atom stereocenters. The molecule has 0 aliphatic carbocycles. The Labute approximate surface area is 107 Å². The Morgan fingerprint density at radius 3 is 2.69 bits per heavy atom. The van der Waals surface area contributed by atoms with Gasteiger partial charge in [-0.25, -0.2) is 0 Å². The summed E-state index contributed by atoms with van der Waals surface area (Å²) in [6.07, 6.45) is 1.25. The molecule has 2 N–H and O–H groups in total. The molecule has 2 rings (SSSR count). The van der Waals surface area contributed by atoms with Crippen LogP contribution in [0.15, 0.2) is 18.2 Å². The van der Waals surface area contributed by atoms with Gasteiger partial charge in [-0.1, -0.05) is 23.7 Å². The second kappa shape index (κ2) is 4.59. The Bertz CT molecular complexity index is 378. The summed E-state index contributed by atoms with van der Waals surface area (Å²) in [5.41, 5.74) is 8.15. The Morgan fingerprint density at radius 1 is 1.44 bits per heavy atom. The predicted octanol–water partition coefficient (Wildman–Crippen LogP) is 3.75. The first-order valence-electron chi connectivity index (χ1n) is 5.65. The largest absolute Gasteiger partial charge is 0.322 e. The van der Waals surface area contributed by atoms with Crippen molar-refractivity contribution >= 4 is 23.4 Å². The maximum atomic E-state index is 6.35. The van der Waals surface area contributed by atoms with E-state index in [9.17, 15) is 0 Å². The van der Waals surface area contributed by atoms with Crippen LogP contribution < -0.4 is 5.73 Å². The van der Waals surface area contributed by atoms with Crippen LogP contribution in [0.5, 0.6) is 0 Å². The molecule has 0 aromatic heterocycles. The summed E-state index contributed by atoms with van der Waals surface area (Å²) in [5, 5.41) is 0.878. The standard InChI is InChI=1S/C13H18ClNS/c1-13(2,15)10-3-4-11(12(14)7-10)9-5-6-16-8-9/h3-4,7,9H,5-6,8,15H2,1-2H3. The van der Waals surface area contributed by atoms with Crippen molar-refractivity contribution in [1.29, 1.82) is 0 Å². The van der Waals surface area contributed by atoms with Crippen molar-refractivity contribution in [2.24, 2.45) is 5.73 Å². The zero-order chi connectivity index (χ0) is 11.8. The van der Waals surface area contributed by atoms with Crippen LogP contribution in [-0.4, -0.2) is 11.5 Å². The van der Waals surface area contributed by atoms with Crippen LogP contribution in [0.1, 0.15) is 37.3 Å². The molecule has 1 fully saturated rings. The summed E-state index contributed by atoms with van der Waals surface area (Å²) < 4.78 is 0. The first-order chi connectivity index (χ1) is 7.48. The Morgan fingerprint density at radius 2 is 2.19 bits per heavy atom. The fraction of sp³-hybridized carbons (Fsp3) is 0.538. The fourth-order valence-corrected chi connectivity index (χ4v) is 3.62. The number of benzene rings is 1. The van der Waals surface area contributed by atoms with E-state index in [0.29, 0.717) is 5.92 Å². The third-order valence-electron chi connectivity index (χ3n) is 3.11. The molecule has 0 bridgehead atoms. The summed E-state index contributed by atoms with van der Waals surface area (Å²) >= 11 is 8.36. The smallest absolute Gasteiger partial charge is 0.0444 e. The lowest BCUT2D eigenvalue weighted by atomic mass is 9.91. The monoisotopic (exact) mass is 255 g/mol. The van der Waals surface area contributed by atoms with Crippen molar-refractivity contribution in [1.82, 2.24) is 0 Å². The van der Waals surface area contributed by atoms with Crippen molar-refractivity contribution in [2.45, 2.75) is 31.7 Å². The number of hydrogen-bond donors (Lipinski definition) is 1. The summed E-state index contributed by atoms with van der Waals surface area (Å²) in [6.45, 7) is 4.01. The number of nitrogens with two attached hydrogens (primary N) is 1. The van der Waals surface area contributed by atoms with E-state index in [-0.39, 0.29) is 5.54 Å². The molecule has 1 aromatic carbocycles. The van der Waals surface area contributed by atoms with Gasteiger partial charge in [-0.15, -0.1) is 0 Å². The first kappa shape index (κ1) is 12.3. The van der Waals surface area contributed by atoms with E-state index in [2.05, 4.69) is 12.1 Å². The molecule has 16 heavy (non-hydrogen) atoms. The highest BCUT2D eigenvalue weighted by molar-refractivity contribution is 7.99. The molecule has 1 heterocycles. The lowest BCUT2D eigenvalue weighted by molar-refractivity contribution is 0.554. The number of hydrogen-bond acceptors (Lipinski definition) is 2. The van der Waals surface area contributed by atoms with Gasteiger partial charge in [-0.3, -0.25) is 0 Å². The quantitative estimate of drug-likeness (QED) is 0.871. The maximum Gasteiger partial charge on any atom is 0.0444 e. The third kappa shape index (κ3) is 2.55. The molecule has 0 radical (unpaired) electrons. The predicted molar refractivity (Wildman–Crippen MR) is 73.3 cm³/mol. The van der Waals surface area contributed by atoms with Crippen LogP contribution >= 0.6 is 23.4 Å². The van der Waals surface area contributed by atoms with Crippen molar-refractivity contribution in [3.8, 4) is 0 Å². The maximum absolute atomic E-state index is 6.35. The fourth-order valence-electron chi connectivity index (χ4n) is 2.04. The zero-order valence-electron chi connectivity index (χ0n) is 9.79. The average molecular weight is 256 g/mol. The van der Waals surface area contributed by atoms with Gasteiger partial charge in [0, 0.05) is 16.3 Å². The minimum atomic E-state index is -0.313. The van der Waals surface area contributed by atoms with Crippen molar-refractivity contribution < 1.29 is 0 Å². The topological polar surface area (TPSA) is 26.0 Å². The van der Waals surface area contributed by atoms with Gasteiger partial charge in [0.1, 0.15) is 0 Å². The Hall–Kier alpha value is -0.180. The molecular weight excluding hydrogens is 238 g/mol. The molecule has 1 unspecified atom stereocenters. The van der Waals surface area contributed by atoms with Gasteiger partial charge in [0.15, 0.2) is 0 Å². The van der Waals surface area contributed by atoms with Crippen LogP contribution in [0.3, 0.4) is 0 Å². The molecule has 3 heteroatoms. The van der Waals surface area contributed by atoms with E-state index in [1.807, 2.05) is 31.7 Å². The van der Waals surface area contributed by atoms with Crippen molar-refractivity contribution in [3.05, 3.63) is 34.3 Å². The number of thioether (sulfide) groups is 1. The van der Waals surface area contributed by atoms with Crippen molar-refractivity contribution in [2.75, 3.05) is 11.5 Å². The summed E-state index contributed by atoms with van der Waals surface area (Å²) in [5.74, 6) is 3.09. The molecule has 0 amide bonds. The molecule has 0 saturated carbocycles. The molecular formula is C13H18ClNS. The normalized spacial score (nSPS) is 21.4. The lowest BCUT2D eigenvalue weighted by Crippen LogP contribution is -2.28. The van der Waals surface area contributed by atoms with E-state index < -0.39 is 0 Å². The molecule has 1 aromatic rings. The van der Waals surface area contributed by atoms with Gasteiger partial charge in [0.05, 0.1) is 0 Å². The van der Waals surface area contributed by atoms with Gasteiger partial charge >= 0.3 is 0 Å². The van der Waals surface area contributed by atoms with E-state index in [4.69, 9.17) is 17.3 Å². The van der Waals surface area contributed by atoms with Gasteiger partial charge in [0.25, 0.3) is 0 Å². The second-order valence-corrected chi connectivity index (χ2v) is 6.58. The average Bonchev–Trinajstić information content (AvgIpc) is 2.69. The van der Waals surface area contributed by atoms with Crippen LogP contribution in [-0.2, 0) is 5.54 Å². The second-order valence-electron chi connectivity index (χ2n) is 5.02. The van der Waals surface area contributed by atoms with Gasteiger partial charge in [-0.05, 0) is 49.1 Å². The highest BCUT2D eigenvalue weighted by atomic mass is 35.5. The summed E-state index contributed by atoms with van der Waals surface area (Å²) in [4.78, 5) is 0. The van der Waals surface area contributed by atoms with Crippen LogP contribution in [0.2, 0.25) is 5.02 Å². The van der Waals surface area contributed by atoms with Crippen LogP contribution in [0.4, 0.5) is 0 Å². The van der Waals surface area contributed by atoms with E-state index in [1.165, 1.54) is 23.5 Å². The summed E-state index contributed by atoms with van der Waals surface area (Å²) in [6, 6.07) is 6.30. The summed E-state index contributed by atoms with van der Waals surface area (Å²) in [7, 11) is 0. The lowest BCUT2D eigenvalue weighted by Gasteiger charge is -2.21. The number of rotatable bonds is 2. The van der Waals surface area contributed by atoms with E-state index in [0.717, 1.165) is 10.6 Å². The first-order valence-corrected chi connectivity index (χ1v) is 7.18. The zero-order valence-corrected chi connectivity index (χ0v) is 11.4. The molecule has 1 saturated heterocycles. The van der Waals surface area contributed by atoms with Crippen molar-refractivity contribution in [3.63, 3.8) is 0 Å². The highest BCUT2D eigenvalue weighted by Gasteiger charge is 2.22. The molecule has 0 spiro atoms.